The lowest BCUT2D eigenvalue weighted by molar-refractivity contribution is -0.137. The van der Waals surface area contributed by atoms with Crippen molar-refractivity contribution in [2.24, 2.45) is 0 Å². The number of aromatic nitrogens is 1. The number of carboxylic acid groups (broad SMARTS) is 1. The summed E-state index contributed by atoms with van der Waals surface area (Å²) in [7, 11) is 3.13. The Hall–Kier alpha value is -2.17. The molecule has 1 heterocycles. The van der Waals surface area contributed by atoms with Crippen molar-refractivity contribution in [2.75, 3.05) is 14.2 Å². The van der Waals surface area contributed by atoms with Gasteiger partial charge in [0.2, 0.25) is 0 Å². The van der Waals surface area contributed by atoms with E-state index in [1.807, 2.05) is 19.2 Å². The van der Waals surface area contributed by atoms with Crippen molar-refractivity contribution < 1.29 is 19.4 Å². The Kier molecular flexibility index (Phi) is 3.14. The van der Waals surface area contributed by atoms with E-state index in [2.05, 4.69) is 0 Å². The Morgan fingerprint density at radius 2 is 1.89 bits per heavy atom. The molecule has 5 nitrogen and oxygen atoms in total. The van der Waals surface area contributed by atoms with E-state index >= 15 is 0 Å². The van der Waals surface area contributed by atoms with Crippen molar-refractivity contribution in [3.05, 3.63) is 23.9 Å². The molecule has 0 bridgehead atoms. The Balaban J connectivity index is 2.66. The molecule has 0 saturated carbocycles. The van der Waals surface area contributed by atoms with Gasteiger partial charge in [-0.2, -0.15) is 0 Å². The van der Waals surface area contributed by atoms with Crippen LogP contribution in [0.25, 0.3) is 10.9 Å². The third-order valence-electron chi connectivity index (χ3n) is 2.89. The van der Waals surface area contributed by atoms with Gasteiger partial charge in [-0.25, -0.2) is 0 Å². The maximum atomic E-state index is 10.8. The normalized spacial score (nSPS) is 10.6. The number of hydrogen-bond donors (Lipinski definition) is 1. The Bertz CT molecular complexity index is 601. The van der Waals surface area contributed by atoms with Crippen LogP contribution >= 0.6 is 0 Å². The molecule has 1 N–H and O–H groups in total. The topological polar surface area (TPSA) is 60.7 Å². The van der Waals surface area contributed by atoms with Crippen LogP contribution in [0.4, 0.5) is 0 Å². The molecule has 0 aliphatic rings. The van der Waals surface area contributed by atoms with Crippen LogP contribution in [-0.4, -0.2) is 29.9 Å². The van der Waals surface area contributed by atoms with Gasteiger partial charge in [0.25, 0.3) is 0 Å². The van der Waals surface area contributed by atoms with Crippen LogP contribution in [0.15, 0.2) is 18.3 Å². The predicted molar refractivity (Wildman–Crippen MR) is 67.4 cm³/mol. The van der Waals surface area contributed by atoms with E-state index in [1.54, 1.807) is 24.9 Å². The van der Waals surface area contributed by atoms with E-state index in [4.69, 9.17) is 14.6 Å². The summed E-state index contributed by atoms with van der Waals surface area (Å²) in [5, 5.41) is 9.85. The minimum atomic E-state index is -0.873. The van der Waals surface area contributed by atoms with Gasteiger partial charge in [0.15, 0.2) is 11.5 Å². The molecule has 18 heavy (non-hydrogen) atoms. The first kappa shape index (κ1) is 12.3. The van der Waals surface area contributed by atoms with Gasteiger partial charge in [-0.1, -0.05) is 0 Å². The highest BCUT2D eigenvalue weighted by Crippen LogP contribution is 2.34. The van der Waals surface area contributed by atoms with Crippen molar-refractivity contribution in [1.82, 2.24) is 4.57 Å². The van der Waals surface area contributed by atoms with Crippen LogP contribution < -0.4 is 9.47 Å². The number of aryl methyl sites for hydroxylation is 1. The zero-order valence-electron chi connectivity index (χ0n) is 10.6. The summed E-state index contributed by atoms with van der Waals surface area (Å²) in [5.74, 6) is 0.359. The second kappa shape index (κ2) is 4.60. The third kappa shape index (κ3) is 1.99. The van der Waals surface area contributed by atoms with Gasteiger partial charge in [0.1, 0.15) is 6.54 Å². The first-order valence-corrected chi connectivity index (χ1v) is 5.50. The van der Waals surface area contributed by atoms with Gasteiger partial charge in [0, 0.05) is 17.6 Å². The highest BCUT2D eigenvalue weighted by atomic mass is 16.5. The van der Waals surface area contributed by atoms with Gasteiger partial charge in [-0.05, 0) is 18.6 Å². The first-order valence-electron chi connectivity index (χ1n) is 5.50. The zero-order valence-corrected chi connectivity index (χ0v) is 10.6. The SMILES string of the molecule is COc1cc2c(C)cn(CC(=O)O)c2cc1OC. The summed E-state index contributed by atoms with van der Waals surface area (Å²) in [6, 6.07) is 3.66. The molecule has 0 atom stereocenters. The fourth-order valence-electron chi connectivity index (χ4n) is 2.07. The average Bonchev–Trinajstić information content (AvgIpc) is 2.63. The van der Waals surface area contributed by atoms with Crippen LogP contribution in [0.3, 0.4) is 0 Å². The fraction of sp³-hybridized carbons (Fsp3) is 0.308. The average molecular weight is 249 g/mol. The number of fused-ring (bicyclic) bond motifs is 1. The van der Waals surface area contributed by atoms with Crippen molar-refractivity contribution in [1.29, 1.82) is 0 Å². The lowest BCUT2D eigenvalue weighted by Crippen LogP contribution is -2.07. The lowest BCUT2D eigenvalue weighted by atomic mass is 10.2. The van der Waals surface area contributed by atoms with E-state index in [9.17, 15) is 4.79 Å². The second-order valence-corrected chi connectivity index (χ2v) is 4.06. The smallest absolute Gasteiger partial charge is 0.323 e. The Morgan fingerprint density at radius 3 is 2.44 bits per heavy atom. The van der Waals surface area contributed by atoms with E-state index in [0.717, 1.165) is 16.5 Å². The Morgan fingerprint density at radius 1 is 1.28 bits per heavy atom. The number of carbonyl (C=O) groups is 1. The van der Waals surface area contributed by atoms with Gasteiger partial charge in [-0.3, -0.25) is 4.79 Å². The fourth-order valence-corrected chi connectivity index (χ4v) is 2.07. The molecule has 0 spiro atoms. The van der Waals surface area contributed by atoms with Crippen LogP contribution in [0, 0.1) is 6.92 Å². The summed E-state index contributed by atoms with van der Waals surface area (Å²) in [4.78, 5) is 10.8. The van der Waals surface area contributed by atoms with Crippen molar-refractivity contribution in [3.63, 3.8) is 0 Å². The van der Waals surface area contributed by atoms with E-state index < -0.39 is 5.97 Å². The lowest BCUT2D eigenvalue weighted by Gasteiger charge is -2.09. The standard InChI is InChI=1S/C13H15NO4/c1-8-6-14(7-13(15)16)10-5-12(18-3)11(17-2)4-9(8)10/h4-6H,7H2,1-3H3,(H,15,16). The van der Waals surface area contributed by atoms with Gasteiger partial charge in [-0.15, -0.1) is 0 Å². The highest BCUT2D eigenvalue weighted by molar-refractivity contribution is 5.88. The van der Waals surface area contributed by atoms with Crippen molar-refractivity contribution in [2.45, 2.75) is 13.5 Å². The van der Waals surface area contributed by atoms with Gasteiger partial charge in [0.05, 0.1) is 19.7 Å². The molecule has 0 amide bonds. The van der Waals surface area contributed by atoms with Crippen LogP contribution in [0.2, 0.25) is 0 Å². The van der Waals surface area contributed by atoms with Gasteiger partial charge < -0.3 is 19.1 Å². The number of nitrogens with zero attached hydrogens (tertiary/aromatic N) is 1. The summed E-state index contributed by atoms with van der Waals surface area (Å²) in [6.45, 7) is 1.87. The minimum absolute atomic E-state index is 0.0696. The zero-order chi connectivity index (χ0) is 13.3. The second-order valence-electron chi connectivity index (χ2n) is 4.06. The largest absolute Gasteiger partial charge is 0.493 e. The minimum Gasteiger partial charge on any atom is -0.493 e. The molecule has 1 aromatic heterocycles. The molecular weight excluding hydrogens is 234 g/mol. The molecule has 0 fully saturated rings. The number of ether oxygens (including phenoxy) is 2. The number of hydrogen-bond acceptors (Lipinski definition) is 3. The van der Waals surface area contributed by atoms with E-state index in [1.165, 1.54) is 0 Å². The van der Waals surface area contributed by atoms with Gasteiger partial charge >= 0.3 is 5.97 Å². The summed E-state index contributed by atoms with van der Waals surface area (Å²) >= 11 is 0. The molecule has 0 aliphatic heterocycles. The molecule has 0 unspecified atom stereocenters. The molecule has 2 rings (SSSR count). The first-order chi connectivity index (χ1) is 8.56. The number of benzene rings is 1. The quantitative estimate of drug-likeness (QED) is 0.900. The van der Waals surface area contributed by atoms with Crippen molar-refractivity contribution >= 4 is 16.9 Å². The Labute approximate surface area is 105 Å². The number of methoxy groups -OCH3 is 2. The molecule has 2 aromatic rings. The maximum Gasteiger partial charge on any atom is 0.323 e. The van der Waals surface area contributed by atoms with Crippen LogP contribution in [0.5, 0.6) is 11.5 Å². The van der Waals surface area contributed by atoms with Crippen LogP contribution in [0.1, 0.15) is 5.56 Å². The predicted octanol–water partition coefficient (Wildman–Crippen LogP) is 2.05. The van der Waals surface area contributed by atoms with E-state index in [-0.39, 0.29) is 6.54 Å². The molecule has 0 aliphatic carbocycles. The van der Waals surface area contributed by atoms with E-state index in [0.29, 0.717) is 11.5 Å². The summed E-state index contributed by atoms with van der Waals surface area (Å²) < 4.78 is 12.2. The molecule has 0 saturated heterocycles. The summed E-state index contributed by atoms with van der Waals surface area (Å²) in [5.41, 5.74) is 1.83. The van der Waals surface area contributed by atoms with Crippen LogP contribution in [-0.2, 0) is 11.3 Å². The summed E-state index contributed by atoms with van der Waals surface area (Å²) in [6.07, 6.45) is 1.82. The maximum absolute atomic E-state index is 10.8. The molecule has 96 valence electrons. The highest BCUT2D eigenvalue weighted by Gasteiger charge is 2.13. The monoisotopic (exact) mass is 249 g/mol. The number of rotatable bonds is 4. The number of carboxylic acids is 1. The molecular formula is C13H15NO4. The molecule has 1 aromatic carbocycles. The molecule has 0 radical (unpaired) electrons. The van der Waals surface area contributed by atoms with Crippen molar-refractivity contribution in [3.8, 4) is 11.5 Å². The number of aliphatic carboxylic acids is 1. The molecule has 5 heteroatoms. The third-order valence-corrected chi connectivity index (χ3v) is 2.89.